The molecule has 2 N–H and O–H groups in total. The van der Waals surface area contributed by atoms with Crippen LogP contribution in [0.2, 0.25) is 0 Å². The van der Waals surface area contributed by atoms with E-state index in [2.05, 4.69) is 0 Å². The average Bonchev–Trinajstić information content (AvgIpc) is 2.25. The number of aliphatic hydroxyl groups is 2. The van der Waals surface area contributed by atoms with Crippen molar-refractivity contribution in [1.29, 1.82) is 0 Å². The molecule has 1 rings (SSSR count). The number of hydrogen-bond donors (Lipinski definition) is 2. The third-order valence-electron chi connectivity index (χ3n) is 1.67. The molecule has 0 saturated carbocycles. The van der Waals surface area contributed by atoms with Crippen molar-refractivity contribution < 1.29 is 14.9 Å². The average molecular weight is 194 g/mol. The van der Waals surface area contributed by atoms with Crippen molar-refractivity contribution in [2.45, 2.75) is 12.9 Å². The number of ether oxygens (including phenoxy) is 1. The predicted molar refractivity (Wildman–Crippen MR) is 53.5 cm³/mol. The summed E-state index contributed by atoms with van der Waals surface area (Å²) in [7, 11) is 0. The van der Waals surface area contributed by atoms with Crippen LogP contribution >= 0.6 is 0 Å². The Balaban J connectivity index is 2.30. The molecule has 0 aromatic heterocycles. The Hall–Kier alpha value is -1.16. The number of rotatable bonds is 5. The van der Waals surface area contributed by atoms with Gasteiger partial charge in [-0.3, -0.25) is 0 Å². The van der Waals surface area contributed by atoms with Gasteiger partial charge >= 0.3 is 0 Å². The maximum atomic E-state index is 9.22. The molecule has 0 aliphatic carbocycles. The number of aliphatic hydroxyl groups excluding tert-OH is 2. The Morgan fingerprint density at radius 2 is 2.00 bits per heavy atom. The molecule has 0 spiro atoms. The van der Waals surface area contributed by atoms with Crippen molar-refractivity contribution in [3.63, 3.8) is 0 Å². The second kappa shape index (κ2) is 6.32. The van der Waals surface area contributed by atoms with Gasteiger partial charge in [0.2, 0.25) is 0 Å². The lowest BCUT2D eigenvalue weighted by Gasteiger charge is -2.07. The molecular weight excluding hydrogens is 180 g/mol. The number of benzene rings is 1. The number of hydrogen-bond acceptors (Lipinski definition) is 3. The highest BCUT2D eigenvalue weighted by molar-refractivity contribution is 5.13. The molecule has 0 radical (unpaired) electrons. The van der Waals surface area contributed by atoms with E-state index in [1.165, 1.54) is 12.2 Å². The van der Waals surface area contributed by atoms with Crippen LogP contribution in [-0.2, 0) is 11.3 Å². The van der Waals surface area contributed by atoms with E-state index in [4.69, 9.17) is 9.84 Å². The molecule has 0 heterocycles. The molecule has 76 valence electrons. The maximum Gasteiger partial charge on any atom is 0.174 e. The second-order valence-corrected chi connectivity index (χ2v) is 2.80. The molecule has 3 heteroatoms. The smallest absolute Gasteiger partial charge is 0.174 e. The van der Waals surface area contributed by atoms with Crippen LogP contribution < -0.4 is 0 Å². The molecule has 14 heavy (non-hydrogen) atoms. The lowest BCUT2D eigenvalue weighted by molar-refractivity contribution is -0.0735. The summed E-state index contributed by atoms with van der Waals surface area (Å²) < 4.78 is 5.09. The van der Waals surface area contributed by atoms with Crippen LogP contribution in [0.4, 0.5) is 0 Å². The van der Waals surface area contributed by atoms with E-state index in [9.17, 15) is 5.11 Å². The maximum absolute atomic E-state index is 9.22. The zero-order valence-electron chi connectivity index (χ0n) is 7.84. The quantitative estimate of drug-likeness (QED) is 0.544. The Bertz CT molecular complexity index is 269. The summed E-state index contributed by atoms with van der Waals surface area (Å²) in [6.07, 6.45) is 1.89. The summed E-state index contributed by atoms with van der Waals surface area (Å²) in [5, 5.41) is 17.7. The normalized spacial score (nSPS) is 13.3. The molecule has 0 fully saturated rings. The first kappa shape index (κ1) is 10.9. The summed E-state index contributed by atoms with van der Waals surface area (Å²) in [6.45, 7) is 0.267. The van der Waals surface area contributed by atoms with E-state index in [0.29, 0.717) is 6.61 Å². The van der Waals surface area contributed by atoms with Crippen LogP contribution in [-0.4, -0.2) is 23.1 Å². The van der Waals surface area contributed by atoms with Crippen molar-refractivity contribution in [3.05, 3.63) is 48.0 Å². The first-order chi connectivity index (χ1) is 6.83. The van der Waals surface area contributed by atoms with Crippen molar-refractivity contribution in [2.24, 2.45) is 0 Å². The summed E-state index contributed by atoms with van der Waals surface area (Å²) >= 11 is 0. The van der Waals surface area contributed by atoms with Crippen LogP contribution in [0.1, 0.15) is 5.56 Å². The fraction of sp³-hybridized carbons (Fsp3) is 0.273. The fourth-order valence-corrected chi connectivity index (χ4v) is 0.989. The zero-order valence-corrected chi connectivity index (χ0v) is 7.84. The van der Waals surface area contributed by atoms with E-state index in [1.807, 2.05) is 30.3 Å². The molecule has 1 unspecified atom stereocenters. The first-order valence-corrected chi connectivity index (χ1v) is 4.44. The van der Waals surface area contributed by atoms with E-state index in [1.54, 1.807) is 0 Å². The van der Waals surface area contributed by atoms with Crippen molar-refractivity contribution in [2.75, 3.05) is 6.61 Å². The molecule has 1 aromatic carbocycles. The van der Waals surface area contributed by atoms with Gasteiger partial charge in [-0.1, -0.05) is 36.4 Å². The summed E-state index contributed by atoms with van der Waals surface area (Å²) in [5.74, 6) is 0. The largest absolute Gasteiger partial charge is 0.392 e. The molecular formula is C11H14O3. The van der Waals surface area contributed by atoms with Gasteiger partial charge in [0, 0.05) is 0 Å². The van der Waals surface area contributed by atoms with Crippen LogP contribution in [0.15, 0.2) is 42.5 Å². The summed E-state index contributed by atoms with van der Waals surface area (Å²) in [6, 6.07) is 9.58. The van der Waals surface area contributed by atoms with Crippen LogP contribution in [0, 0.1) is 0 Å². The molecule has 1 atom stereocenters. The third kappa shape index (κ3) is 4.18. The molecule has 0 aliphatic rings. The molecule has 3 nitrogen and oxygen atoms in total. The van der Waals surface area contributed by atoms with Gasteiger partial charge in [-0.2, -0.15) is 0 Å². The minimum atomic E-state index is -0.956. The van der Waals surface area contributed by atoms with Gasteiger partial charge in [-0.25, -0.2) is 0 Å². The summed E-state index contributed by atoms with van der Waals surface area (Å²) in [5.41, 5.74) is 1.00. The van der Waals surface area contributed by atoms with Gasteiger partial charge in [0.1, 0.15) is 0 Å². The van der Waals surface area contributed by atoms with Crippen LogP contribution in [0.25, 0.3) is 0 Å². The van der Waals surface area contributed by atoms with E-state index < -0.39 is 6.29 Å². The highest BCUT2D eigenvalue weighted by Gasteiger charge is 1.98. The Kier molecular flexibility index (Phi) is 4.93. The van der Waals surface area contributed by atoms with Gasteiger partial charge in [0.05, 0.1) is 13.2 Å². The Labute approximate surface area is 83.3 Å². The van der Waals surface area contributed by atoms with Gasteiger partial charge in [-0.15, -0.1) is 0 Å². The van der Waals surface area contributed by atoms with Gasteiger partial charge in [0.15, 0.2) is 6.29 Å². The van der Waals surface area contributed by atoms with Crippen molar-refractivity contribution in [3.8, 4) is 0 Å². The monoisotopic (exact) mass is 194 g/mol. The van der Waals surface area contributed by atoms with Crippen LogP contribution in [0.3, 0.4) is 0 Å². The minimum Gasteiger partial charge on any atom is -0.392 e. The third-order valence-corrected chi connectivity index (χ3v) is 1.67. The topological polar surface area (TPSA) is 49.7 Å². The SMILES string of the molecule is OCC=CC(O)OCc1ccccc1. The van der Waals surface area contributed by atoms with Gasteiger partial charge < -0.3 is 14.9 Å². The van der Waals surface area contributed by atoms with Gasteiger partial charge in [0.25, 0.3) is 0 Å². The molecule has 0 bridgehead atoms. The highest BCUT2D eigenvalue weighted by Crippen LogP contribution is 2.02. The molecule has 0 amide bonds. The van der Waals surface area contributed by atoms with Crippen molar-refractivity contribution in [1.82, 2.24) is 0 Å². The minimum absolute atomic E-state index is 0.0915. The molecule has 0 aliphatic heterocycles. The standard InChI is InChI=1S/C11H14O3/c12-8-4-7-11(13)14-9-10-5-2-1-3-6-10/h1-7,11-13H,8-9H2. The lowest BCUT2D eigenvalue weighted by Crippen LogP contribution is -2.08. The predicted octanol–water partition coefficient (Wildman–Crippen LogP) is 1.07. The Morgan fingerprint density at radius 1 is 1.29 bits per heavy atom. The van der Waals surface area contributed by atoms with E-state index in [-0.39, 0.29) is 6.61 Å². The fourth-order valence-electron chi connectivity index (χ4n) is 0.989. The Morgan fingerprint density at radius 3 is 2.64 bits per heavy atom. The van der Waals surface area contributed by atoms with Crippen molar-refractivity contribution >= 4 is 0 Å². The van der Waals surface area contributed by atoms with E-state index >= 15 is 0 Å². The second-order valence-electron chi connectivity index (χ2n) is 2.80. The lowest BCUT2D eigenvalue weighted by atomic mass is 10.2. The van der Waals surface area contributed by atoms with E-state index in [0.717, 1.165) is 5.56 Å². The zero-order chi connectivity index (χ0) is 10.2. The molecule has 1 aromatic rings. The summed E-state index contributed by atoms with van der Waals surface area (Å²) in [4.78, 5) is 0. The van der Waals surface area contributed by atoms with Gasteiger partial charge in [-0.05, 0) is 11.6 Å². The van der Waals surface area contributed by atoms with Crippen LogP contribution in [0.5, 0.6) is 0 Å². The highest BCUT2D eigenvalue weighted by atomic mass is 16.6. The molecule has 0 saturated heterocycles. The first-order valence-electron chi connectivity index (χ1n) is 4.44.